The molecule has 0 aliphatic carbocycles. The Balaban J connectivity index is 1.21. The highest BCUT2D eigenvalue weighted by Crippen LogP contribution is 2.17. The zero-order valence-electron chi connectivity index (χ0n) is 20.2. The first-order valence-corrected chi connectivity index (χ1v) is 12.0. The van der Waals surface area contributed by atoms with Gasteiger partial charge in [0, 0.05) is 34.7 Å². The van der Waals surface area contributed by atoms with E-state index in [2.05, 4.69) is 21.3 Å². The molecule has 0 atom stereocenters. The van der Waals surface area contributed by atoms with Gasteiger partial charge in [-0.1, -0.05) is 54.6 Å². The second-order valence-corrected chi connectivity index (χ2v) is 8.41. The van der Waals surface area contributed by atoms with E-state index >= 15 is 0 Å². The number of anilines is 4. The molecule has 7 heteroatoms. The smallest absolute Gasteiger partial charge is 0.255 e. The molecule has 4 aromatic carbocycles. The number of carbonyl (C=O) groups excluding carboxylic acids is 3. The summed E-state index contributed by atoms with van der Waals surface area (Å²) >= 11 is 0. The van der Waals surface area contributed by atoms with Crippen molar-refractivity contribution in [1.82, 2.24) is 0 Å². The first-order chi connectivity index (χ1) is 18.0. The van der Waals surface area contributed by atoms with Gasteiger partial charge >= 0.3 is 0 Å². The zero-order chi connectivity index (χ0) is 25.9. The second kappa shape index (κ2) is 12.7. The van der Waals surface area contributed by atoms with Gasteiger partial charge in [0.25, 0.3) is 5.91 Å². The number of hydrogen-bond donors (Lipinski definition) is 4. The van der Waals surface area contributed by atoms with Gasteiger partial charge in [0.1, 0.15) is 0 Å². The Morgan fingerprint density at radius 1 is 0.541 bits per heavy atom. The van der Waals surface area contributed by atoms with Crippen LogP contribution in [-0.2, 0) is 16.0 Å². The van der Waals surface area contributed by atoms with Crippen molar-refractivity contribution in [1.29, 1.82) is 0 Å². The molecule has 7 nitrogen and oxygen atoms in total. The lowest BCUT2D eigenvalue weighted by molar-refractivity contribution is -0.116. The Morgan fingerprint density at radius 3 is 1.81 bits per heavy atom. The van der Waals surface area contributed by atoms with Gasteiger partial charge in [0.2, 0.25) is 11.8 Å². The van der Waals surface area contributed by atoms with Crippen LogP contribution in [0.25, 0.3) is 0 Å². The van der Waals surface area contributed by atoms with Crippen LogP contribution in [0.2, 0.25) is 0 Å². The summed E-state index contributed by atoms with van der Waals surface area (Å²) < 4.78 is 0. The fraction of sp³-hybridized carbons (Fsp3) is 0.100. The van der Waals surface area contributed by atoms with Crippen molar-refractivity contribution >= 4 is 40.5 Å². The second-order valence-electron chi connectivity index (χ2n) is 8.41. The van der Waals surface area contributed by atoms with Crippen molar-refractivity contribution in [2.24, 2.45) is 0 Å². The van der Waals surface area contributed by atoms with Gasteiger partial charge in [-0.05, 0) is 66.6 Å². The van der Waals surface area contributed by atoms with E-state index in [1.807, 2.05) is 54.6 Å². The maximum Gasteiger partial charge on any atom is 0.255 e. The Hall–Kier alpha value is -4.91. The third-order valence-electron chi connectivity index (χ3n) is 5.55. The van der Waals surface area contributed by atoms with Gasteiger partial charge in [-0.15, -0.1) is 0 Å². The van der Waals surface area contributed by atoms with Gasteiger partial charge in [0.15, 0.2) is 0 Å². The number of aryl methyl sites for hydroxylation is 1. The summed E-state index contributed by atoms with van der Waals surface area (Å²) in [7, 11) is 0. The molecule has 0 heterocycles. The topological polar surface area (TPSA) is 99.3 Å². The summed E-state index contributed by atoms with van der Waals surface area (Å²) in [6.07, 6.45) is 1.07. The Bertz CT molecular complexity index is 1340. The summed E-state index contributed by atoms with van der Waals surface area (Å²) in [5.41, 5.74) is 4.31. The molecule has 4 N–H and O–H groups in total. The van der Waals surface area contributed by atoms with Crippen LogP contribution in [-0.4, -0.2) is 24.3 Å². The molecule has 186 valence electrons. The highest BCUT2D eigenvalue weighted by atomic mass is 16.2. The summed E-state index contributed by atoms with van der Waals surface area (Å²) in [6, 6.07) is 33.0. The minimum atomic E-state index is -0.224. The molecule has 3 amide bonds. The highest BCUT2D eigenvalue weighted by molar-refractivity contribution is 6.04. The van der Waals surface area contributed by atoms with Gasteiger partial charge in [0.05, 0.1) is 6.54 Å². The number of amides is 3. The van der Waals surface area contributed by atoms with Crippen molar-refractivity contribution in [3.63, 3.8) is 0 Å². The molecule has 0 saturated carbocycles. The summed E-state index contributed by atoms with van der Waals surface area (Å²) in [6.45, 7) is 0.0497. The standard InChI is InChI=1S/C30H28N4O3/c35-28(19-14-22-8-3-1-4-9-22)32-24-15-17-25(18-16-24)33-29(36)21-31-26-12-7-13-27(20-26)34-30(37)23-10-5-2-6-11-23/h1-13,15-18,20,31H,14,19,21H2,(H,32,35)(H,33,36)(H,34,37). The minimum Gasteiger partial charge on any atom is -0.376 e. The molecule has 0 aromatic heterocycles. The lowest BCUT2D eigenvalue weighted by atomic mass is 10.1. The molecule has 0 spiro atoms. The van der Waals surface area contributed by atoms with Gasteiger partial charge in [-0.3, -0.25) is 14.4 Å². The lowest BCUT2D eigenvalue weighted by Crippen LogP contribution is -2.21. The largest absolute Gasteiger partial charge is 0.376 e. The van der Waals surface area contributed by atoms with E-state index in [0.717, 1.165) is 5.56 Å². The van der Waals surface area contributed by atoms with E-state index in [9.17, 15) is 14.4 Å². The normalized spacial score (nSPS) is 10.3. The molecule has 0 radical (unpaired) electrons. The predicted molar refractivity (Wildman–Crippen MR) is 148 cm³/mol. The van der Waals surface area contributed by atoms with Crippen molar-refractivity contribution in [2.75, 3.05) is 27.8 Å². The van der Waals surface area contributed by atoms with Crippen molar-refractivity contribution in [3.05, 3.63) is 120 Å². The Labute approximate surface area is 215 Å². The first-order valence-electron chi connectivity index (χ1n) is 12.0. The zero-order valence-corrected chi connectivity index (χ0v) is 20.2. The fourth-order valence-electron chi connectivity index (χ4n) is 3.65. The average molecular weight is 493 g/mol. The van der Waals surface area contributed by atoms with E-state index in [1.165, 1.54) is 0 Å². The van der Waals surface area contributed by atoms with Crippen LogP contribution in [0.5, 0.6) is 0 Å². The van der Waals surface area contributed by atoms with Gasteiger partial charge < -0.3 is 21.3 Å². The number of benzene rings is 4. The third-order valence-corrected chi connectivity index (χ3v) is 5.55. The van der Waals surface area contributed by atoms with Gasteiger partial charge in [-0.25, -0.2) is 0 Å². The fourth-order valence-corrected chi connectivity index (χ4v) is 3.65. The van der Waals surface area contributed by atoms with E-state index < -0.39 is 0 Å². The van der Waals surface area contributed by atoms with E-state index in [1.54, 1.807) is 54.6 Å². The summed E-state index contributed by atoms with van der Waals surface area (Å²) in [4.78, 5) is 37.0. The minimum absolute atomic E-state index is 0.0497. The van der Waals surface area contributed by atoms with Crippen LogP contribution in [0.4, 0.5) is 22.7 Å². The van der Waals surface area contributed by atoms with Crippen LogP contribution in [0, 0.1) is 0 Å². The molecule has 0 aliphatic rings. The van der Waals surface area contributed by atoms with Crippen molar-refractivity contribution in [2.45, 2.75) is 12.8 Å². The van der Waals surface area contributed by atoms with Gasteiger partial charge in [-0.2, -0.15) is 0 Å². The molecule has 0 unspecified atom stereocenters. The molecule has 0 fully saturated rings. The number of nitrogens with one attached hydrogen (secondary N) is 4. The molecule has 0 saturated heterocycles. The van der Waals surface area contributed by atoms with E-state index in [-0.39, 0.29) is 24.3 Å². The third kappa shape index (κ3) is 8.07. The van der Waals surface area contributed by atoms with Crippen molar-refractivity contribution < 1.29 is 14.4 Å². The Morgan fingerprint density at radius 2 is 1.14 bits per heavy atom. The lowest BCUT2D eigenvalue weighted by Gasteiger charge is -2.11. The van der Waals surface area contributed by atoms with Crippen LogP contribution < -0.4 is 21.3 Å². The monoisotopic (exact) mass is 492 g/mol. The van der Waals surface area contributed by atoms with E-state index in [4.69, 9.17) is 0 Å². The SMILES string of the molecule is O=C(CCc1ccccc1)Nc1ccc(NC(=O)CNc2cccc(NC(=O)c3ccccc3)c2)cc1. The molecular formula is C30H28N4O3. The molecule has 4 aromatic rings. The van der Waals surface area contributed by atoms with E-state index in [0.29, 0.717) is 41.2 Å². The molecule has 4 rings (SSSR count). The summed E-state index contributed by atoms with van der Waals surface area (Å²) in [5, 5.41) is 11.6. The number of hydrogen-bond acceptors (Lipinski definition) is 4. The maximum atomic E-state index is 12.4. The first kappa shape index (κ1) is 25.2. The molecule has 0 bridgehead atoms. The van der Waals surface area contributed by atoms with Crippen LogP contribution in [0.1, 0.15) is 22.3 Å². The summed E-state index contributed by atoms with van der Waals surface area (Å²) in [5.74, 6) is -0.489. The molecule has 0 aliphatic heterocycles. The number of rotatable bonds is 10. The van der Waals surface area contributed by atoms with Crippen LogP contribution in [0.15, 0.2) is 109 Å². The van der Waals surface area contributed by atoms with Crippen molar-refractivity contribution in [3.8, 4) is 0 Å². The predicted octanol–water partition coefficient (Wildman–Crippen LogP) is 5.56. The quantitative estimate of drug-likeness (QED) is 0.233. The van der Waals surface area contributed by atoms with Crippen LogP contribution in [0.3, 0.4) is 0 Å². The molecular weight excluding hydrogens is 464 g/mol. The Kier molecular flexibility index (Phi) is 8.64. The number of carbonyl (C=O) groups is 3. The average Bonchev–Trinajstić information content (AvgIpc) is 2.93. The molecule has 37 heavy (non-hydrogen) atoms. The maximum absolute atomic E-state index is 12.4. The highest BCUT2D eigenvalue weighted by Gasteiger charge is 2.08. The van der Waals surface area contributed by atoms with Crippen LogP contribution >= 0.6 is 0 Å².